The highest BCUT2D eigenvalue weighted by atomic mass is 16.7. The van der Waals surface area contributed by atoms with Gasteiger partial charge in [0.15, 0.2) is 0 Å². The molecule has 2 aromatic rings. The van der Waals surface area contributed by atoms with E-state index in [0.29, 0.717) is 11.7 Å². The van der Waals surface area contributed by atoms with Crippen LogP contribution in [0.2, 0.25) is 0 Å². The summed E-state index contributed by atoms with van der Waals surface area (Å²) in [6.45, 7) is 12.4. The second-order valence-corrected chi connectivity index (χ2v) is 9.09. The quantitative estimate of drug-likeness (QED) is 0.734. The van der Waals surface area contributed by atoms with E-state index in [0.717, 1.165) is 11.0 Å². The molecule has 0 aromatic heterocycles. The molecular weight excluding hydrogens is 377 g/mol. The minimum absolute atomic E-state index is 0.192. The second-order valence-electron chi connectivity index (χ2n) is 9.09. The Kier molecular flexibility index (Phi) is 6.30. The maximum Gasteiger partial charge on any atom is 0.494 e. The van der Waals surface area contributed by atoms with E-state index in [9.17, 15) is 4.79 Å². The third-order valence-electron chi connectivity index (χ3n) is 6.05. The Morgan fingerprint density at radius 1 is 0.900 bits per heavy atom. The standard InChI is InChI=1S/C24H32BNO4/c1-16(2)17-8-10-18(11-9-17)21(22(27)26-7)28-20-14-12-19(13-15-20)25-29-23(3,4)24(5,6)30-25/h8-16,21H,1-7H3,(H,26,27). The van der Waals surface area contributed by atoms with Crippen molar-refractivity contribution in [1.29, 1.82) is 0 Å². The van der Waals surface area contributed by atoms with Gasteiger partial charge < -0.3 is 19.4 Å². The fourth-order valence-electron chi connectivity index (χ4n) is 3.28. The van der Waals surface area contributed by atoms with E-state index in [-0.39, 0.29) is 17.1 Å². The smallest absolute Gasteiger partial charge is 0.476 e. The van der Waals surface area contributed by atoms with Gasteiger partial charge in [-0.2, -0.15) is 0 Å². The molecule has 30 heavy (non-hydrogen) atoms. The Bertz CT molecular complexity index is 859. The van der Waals surface area contributed by atoms with Crippen LogP contribution in [-0.4, -0.2) is 31.3 Å². The van der Waals surface area contributed by atoms with Crippen molar-refractivity contribution in [1.82, 2.24) is 5.32 Å². The lowest BCUT2D eigenvalue weighted by Crippen LogP contribution is -2.41. The van der Waals surface area contributed by atoms with Gasteiger partial charge in [0, 0.05) is 12.6 Å². The van der Waals surface area contributed by atoms with Gasteiger partial charge in [-0.1, -0.05) is 50.2 Å². The highest BCUT2D eigenvalue weighted by Gasteiger charge is 2.51. The first-order valence-corrected chi connectivity index (χ1v) is 10.5. The van der Waals surface area contributed by atoms with Crippen LogP contribution >= 0.6 is 0 Å². The van der Waals surface area contributed by atoms with Crippen molar-refractivity contribution in [2.24, 2.45) is 0 Å². The monoisotopic (exact) mass is 409 g/mol. The Morgan fingerprint density at radius 2 is 1.40 bits per heavy atom. The molecule has 0 saturated carbocycles. The van der Waals surface area contributed by atoms with Gasteiger partial charge in [0.05, 0.1) is 11.2 Å². The van der Waals surface area contributed by atoms with E-state index < -0.39 is 13.2 Å². The minimum atomic E-state index is -0.723. The number of ether oxygens (including phenoxy) is 1. The van der Waals surface area contributed by atoms with Crippen molar-refractivity contribution >= 4 is 18.5 Å². The van der Waals surface area contributed by atoms with Crippen LogP contribution in [0, 0.1) is 0 Å². The van der Waals surface area contributed by atoms with Gasteiger partial charge in [0.1, 0.15) is 5.75 Å². The number of benzene rings is 2. The predicted octanol–water partition coefficient (Wildman–Crippen LogP) is 3.98. The maximum atomic E-state index is 12.5. The molecule has 1 amide bonds. The molecule has 5 nitrogen and oxygen atoms in total. The first-order chi connectivity index (χ1) is 14.0. The fourth-order valence-corrected chi connectivity index (χ4v) is 3.28. The van der Waals surface area contributed by atoms with E-state index >= 15 is 0 Å². The van der Waals surface area contributed by atoms with Gasteiger partial charge >= 0.3 is 7.12 Å². The third kappa shape index (κ3) is 4.55. The lowest BCUT2D eigenvalue weighted by Gasteiger charge is -2.32. The molecule has 2 aromatic carbocycles. The number of amides is 1. The van der Waals surface area contributed by atoms with Crippen molar-refractivity contribution in [3.05, 3.63) is 59.7 Å². The van der Waals surface area contributed by atoms with E-state index in [4.69, 9.17) is 14.0 Å². The molecule has 0 radical (unpaired) electrons. The molecule has 1 saturated heterocycles. The first kappa shape index (κ1) is 22.4. The van der Waals surface area contributed by atoms with Crippen LogP contribution in [0.1, 0.15) is 64.7 Å². The van der Waals surface area contributed by atoms with Crippen molar-refractivity contribution < 1.29 is 18.8 Å². The van der Waals surface area contributed by atoms with Crippen LogP contribution in [0.5, 0.6) is 5.75 Å². The summed E-state index contributed by atoms with van der Waals surface area (Å²) >= 11 is 0. The average Bonchev–Trinajstić information content (AvgIpc) is 2.93. The van der Waals surface area contributed by atoms with Crippen LogP contribution in [-0.2, 0) is 14.1 Å². The zero-order chi connectivity index (χ0) is 22.1. The number of nitrogens with one attached hydrogen (secondary N) is 1. The van der Waals surface area contributed by atoms with Gasteiger partial charge in [-0.15, -0.1) is 0 Å². The van der Waals surface area contributed by atoms with Gasteiger partial charge in [0.25, 0.3) is 5.91 Å². The topological polar surface area (TPSA) is 56.8 Å². The average molecular weight is 409 g/mol. The zero-order valence-electron chi connectivity index (χ0n) is 19.0. The maximum absolute atomic E-state index is 12.5. The van der Waals surface area contributed by atoms with E-state index in [1.165, 1.54) is 5.56 Å². The molecule has 1 unspecified atom stereocenters. The number of rotatable bonds is 6. The van der Waals surface area contributed by atoms with Crippen LogP contribution in [0.4, 0.5) is 0 Å². The van der Waals surface area contributed by atoms with Crippen molar-refractivity contribution in [2.45, 2.75) is 64.8 Å². The molecule has 1 fully saturated rings. The second kappa shape index (κ2) is 8.44. The molecule has 1 heterocycles. The number of carbonyl (C=O) groups is 1. The summed E-state index contributed by atoms with van der Waals surface area (Å²) < 4.78 is 18.3. The van der Waals surface area contributed by atoms with E-state index in [2.05, 4.69) is 19.2 Å². The number of hydrogen-bond acceptors (Lipinski definition) is 4. The van der Waals surface area contributed by atoms with Crippen LogP contribution in [0.25, 0.3) is 0 Å². The zero-order valence-corrected chi connectivity index (χ0v) is 19.0. The van der Waals surface area contributed by atoms with E-state index in [1.54, 1.807) is 7.05 Å². The highest BCUT2D eigenvalue weighted by molar-refractivity contribution is 6.62. The Morgan fingerprint density at radius 3 is 1.87 bits per heavy atom. The molecule has 3 rings (SSSR count). The Labute approximate surface area is 180 Å². The van der Waals surface area contributed by atoms with Crippen molar-refractivity contribution in [3.8, 4) is 5.75 Å². The lowest BCUT2D eigenvalue weighted by atomic mass is 9.79. The lowest BCUT2D eigenvalue weighted by molar-refractivity contribution is -0.127. The molecule has 0 aliphatic carbocycles. The summed E-state index contributed by atoms with van der Waals surface area (Å²) in [5.74, 6) is 0.847. The fraction of sp³-hybridized carbons (Fsp3) is 0.458. The summed E-state index contributed by atoms with van der Waals surface area (Å²) in [7, 11) is 1.19. The minimum Gasteiger partial charge on any atom is -0.476 e. The number of hydrogen-bond donors (Lipinski definition) is 1. The SMILES string of the molecule is CNC(=O)C(Oc1ccc(B2OC(C)(C)C(C)(C)O2)cc1)c1ccc(C(C)C)cc1. The summed E-state index contributed by atoms with van der Waals surface area (Å²) in [5.41, 5.74) is 2.17. The predicted molar refractivity (Wildman–Crippen MR) is 120 cm³/mol. The molecule has 1 aliphatic rings. The molecule has 1 N–H and O–H groups in total. The summed E-state index contributed by atoms with van der Waals surface area (Å²) in [5, 5.41) is 2.69. The Balaban J connectivity index is 1.77. The molecule has 0 bridgehead atoms. The van der Waals surface area contributed by atoms with Crippen molar-refractivity contribution in [2.75, 3.05) is 7.05 Å². The van der Waals surface area contributed by atoms with Gasteiger partial charge in [-0.05, 0) is 56.8 Å². The molecule has 0 spiro atoms. The van der Waals surface area contributed by atoms with Gasteiger partial charge in [-0.3, -0.25) is 4.79 Å². The summed E-state index contributed by atoms with van der Waals surface area (Å²) in [4.78, 5) is 12.5. The number of carbonyl (C=O) groups excluding carboxylic acids is 1. The van der Waals surface area contributed by atoms with Crippen LogP contribution in [0.15, 0.2) is 48.5 Å². The first-order valence-electron chi connectivity index (χ1n) is 10.5. The molecule has 160 valence electrons. The summed E-state index contributed by atoms with van der Waals surface area (Å²) in [6, 6.07) is 15.5. The van der Waals surface area contributed by atoms with Gasteiger partial charge in [-0.25, -0.2) is 0 Å². The molecular formula is C24H32BNO4. The highest BCUT2D eigenvalue weighted by Crippen LogP contribution is 2.36. The largest absolute Gasteiger partial charge is 0.494 e. The Hall–Kier alpha value is -2.31. The van der Waals surface area contributed by atoms with E-state index in [1.807, 2.05) is 76.2 Å². The molecule has 1 atom stereocenters. The van der Waals surface area contributed by atoms with Crippen molar-refractivity contribution in [3.63, 3.8) is 0 Å². The normalized spacial score (nSPS) is 18.3. The van der Waals surface area contributed by atoms with Crippen LogP contribution < -0.4 is 15.5 Å². The van der Waals surface area contributed by atoms with Crippen LogP contribution in [0.3, 0.4) is 0 Å². The van der Waals surface area contributed by atoms with Gasteiger partial charge in [0.2, 0.25) is 6.10 Å². The summed E-state index contributed by atoms with van der Waals surface area (Å²) in [6.07, 6.45) is -0.723. The number of likely N-dealkylation sites (N-methyl/N-ethyl adjacent to an activating group) is 1. The molecule has 1 aliphatic heterocycles. The third-order valence-corrected chi connectivity index (χ3v) is 6.05. The molecule has 6 heteroatoms.